The van der Waals surface area contributed by atoms with Crippen LogP contribution in [0.2, 0.25) is 5.02 Å². The van der Waals surface area contributed by atoms with Crippen LogP contribution in [0.15, 0.2) is 57.8 Å². The number of amides is 3. The molecular formula is C36H45ClN4O6S. The Hall–Kier alpha value is -3.12. The Morgan fingerprint density at radius 3 is 2.73 bits per heavy atom. The second kappa shape index (κ2) is 13.0. The number of benzene rings is 2. The van der Waals surface area contributed by atoms with Crippen molar-refractivity contribution < 1.29 is 28.0 Å². The first kappa shape index (κ1) is 33.4. The van der Waals surface area contributed by atoms with Gasteiger partial charge in [0.1, 0.15) is 11.4 Å². The number of nitrogens with one attached hydrogen (secondary N) is 2. The molecule has 7 rings (SSSR count). The number of anilines is 1. The molecule has 2 fully saturated rings. The lowest BCUT2D eigenvalue weighted by Crippen LogP contribution is -2.49. The third kappa shape index (κ3) is 6.58. The summed E-state index contributed by atoms with van der Waals surface area (Å²) in [5.74, 6) is 0.561. The van der Waals surface area contributed by atoms with Gasteiger partial charge in [-0.25, -0.2) is 13.7 Å². The van der Waals surface area contributed by atoms with Gasteiger partial charge in [-0.15, -0.1) is 4.36 Å². The van der Waals surface area contributed by atoms with E-state index in [4.69, 9.17) is 25.8 Å². The number of halogens is 1. The SMILES string of the molecule is CO[C@H]1/C=C/COC(C)(C)C(=O)N=[S@@](=O)(NC(=O)NC2CC2)c2ccc3c(c2)N(C[C@@H]2CC[C@H]21)C[C@@]1(CCCc2cc(Cl)ccc21)CO3. The van der Waals surface area contributed by atoms with Gasteiger partial charge >= 0.3 is 6.03 Å². The zero-order valence-electron chi connectivity index (χ0n) is 27.8. The van der Waals surface area contributed by atoms with Crippen molar-refractivity contribution in [1.29, 1.82) is 0 Å². The Morgan fingerprint density at radius 1 is 1.15 bits per heavy atom. The molecule has 2 saturated carbocycles. The van der Waals surface area contributed by atoms with Crippen LogP contribution in [0.5, 0.6) is 5.75 Å². The van der Waals surface area contributed by atoms with Crippen LogP contribution in [-0.2, 0) is 36.0 Å². The number of aryl methyl sites for hydroxylation is 1. The van der Waals surface area contributed by atoms with E-state index in [1.165, 1.54) is 11.1 Å². The number of fused-ring (bicyclic) bond motifs is 4. The van der Waals surface area contributed by atoms with Crippen LogP contribution in [0.25, 0.3) is 0 Å². The van der Waals surface area contributed by atoms with Gasteiger partial charge in [-0.3, -0.25) is 4.79 Å². The van der Waals surface area contributed by atoms with E-state index in [1.807, 2.05) is 18.2 Å². The first-order valence-corrected chi connectivity index (χ1v) is 18.9. The lowest BCUT2D eigenvalue weighted by molar-refractivity contribution is -0.137. The van der Waals surface area contributed by atoms with Gasteiger partial charge in [0.05, 0.1) is 29.9 Å². The van der Waals surface area contributed by atoms with Gasteiger partial charge in [0.15, 0.2) is 9.92 Å². The summed E-state index contributed by atoms with van der Waals surface area (Å²) in [7, 11) is -2.04. The van der Waals surface area contributed by atoms with Crippen LogP contribution in [0.1, 0.15) is 63.5 Å². The second-order valence-corrected chi connectivity index (χ2v) is 16.8. The molecule has 2 aliphatic heterocycles. The average molecular weight is 697 g/mol. The predicted molar refractivity (Wildman–Crippen MR) is 185 cm³/mol. The fraction of sp³-hybridized carbons (Fsp3) is 0.556. The maximum absolute atomic E-state index is 14.8. The zero-order valence-corrected chi connectivity index (χ0v) is 29.4. The molecule has 2 N–H and O–H groups in total. The van der Waals surface area contributed by atoms with Gasteiger partial charge in [0.25, 0.3) is 5.91 Å². The fourth-order valence-corrected chi connectivity index (χ4v) is 9.39. The molecule has 5 atom stereocenters. The van der Waals surface area contributed by atoms with Gasteiger partial charge < -0.3 is 24.4 Å². The van der Waals surface area contributed by atoms with Gasteiger partial charge in [-0.05, 0) is 112 Å². The van der Waals surface area contributed by atoms with E-state index in [9.17, 15) is 13.8 Å². The minimum atomic E-state index is -3.78. The molecule has 2 aromatic carbocycles. The van der Waals surface area contributed by atoms with Crippen LogP contribution in [0, 0.1) is 11.8 Å². The largest absolute Gasteiger partial charge is 0.490 e. The van der Waals surface area contributed by atoms with Crippen LogP contribution in [0.3, 0.4) is 0 Å². The Morgan fingerprint density at radius 2 is 1.98 bits per heavy atom. The van der Waals surface area contributed by atoms with Crippen LogP contribution >= 0.6 is 11.6 Å². The number of nitrogens with zero attached hydrogens (tertiary/aromatic N) is 2. The summed E-state index contributed by atoms with van der Waals surface area (Å²) in [4.78, 5) is 29.3. The summed E-state index contributed by atoms with van der Waals surface area (Å²) in [6, 6.07) is 10.8. The molecule has 3 amide bonds. The number of methoxy groups -OCH3 is 1. The van der Waals surface area contributed by atoms with Crippen molar-refractivity contribution in [3.05, 3.63) is 64.7 Å². The summed E-state index contributed by atoms with van der Waals surface area (Å²) >= 11 is 6.45. The van der Waals surface area contributed by atoms with Gasteiger partial charge in [-0.2, -0.15) is 0 Å². The minimum absolute atomic E-state index is 0.0215. The molecule has 10 nitrogen and oxygen atoms in total. The Balaban J connectivity index is 1.35. The van der Waals surface area contributed by atoms with E-state index in [1.54, 1.807) is 39.2 Å². The molecule has 5 aliphatic rings. The monoisotopic (exact) mass is 696 g/mol. The van der Waals surface area contributed by atoms with Gasteiger partial charge in [-0.1, -0.05) is 29.8 Å². The molecule has 12 heteroatoms. The summed E-state index contributed by atoms with van der Waals surface area (Å²) in [5, 5.41) is 3.56. The third-order valence-corrected chi connectivity index (χ3v) is 12.7. The number of carbonyl (C=O) groups is 2. The molecule has 48 heavy (non-hydrogen) atoms. The fourth-order valence-electron chi connectivity index (χ4n) is 7.64. The van der Waals surface area contributed by atoms with E-state index in [-0.39, 0.29) is 29.1 Å². The van der Waals surface area contributed by atoms with E-state index >= 15 is 0 Å². The number of rotatable bonds is 3. The second-order valence-electron chi connectivity index (χ2n) is 14.5. The van der Waals surface area contributed by atoms with Crippen LogP contribution in [-0.4, -0.2) is 67.3 Å². The number of hydrogen-bond acceptors (Lipinski definition) is 7. The number of hydrogen-bond donors (Lipinski definition) is 2. The van der Waals surface area contributed by atoms with Crippen molar-refractivity contribution >= 4 is 39.1 Å². The predicted octanol–water partition coefficient (Wildman–Crippen LogP) is 5.95. The Labute approximate surface area is 288 Å². The molecule has 0 aromatic heterocycles. The molecule has 3 aliphatic carbocycles. The topological polar surface area (TPSA) is 119 Å². The third-order valence-electron chi connectivity index (χ3n) is 10.7. The highest BCUT2D eigenvalue weighted by atomic mass is 35.5. The lowest BCUT2D eigenvalue weighted by Gasteiger charge is -2.46. The highest BCUT2D eigenvalue weighted by molar-refractivity contribution is 7.92. The maximum atomic E-state index is 14.8. The number of urea groups is 1. The highest BCUT2D eigenvalue weighted by Crippen LogP contribution is 2.47. The molecule has 0 unspecified atom stereocenters. The van der Waals surface area contributed by atoms with E-state index in [0.717, 1.165) is 62.2 Å². The normalized spacial score (nSPS) is 32.0. The zero-order chi connectivity index (χ0) is 33.7. The maximum Gasteiger partial charge on any atom is 0.327 e. The van der Waals surface area contributed by atoms with E-state index in [2.05, 4.69) is 31.4 Å². The Bertz CT molecular complexity index is 1750. The summed E-state index contributed by atoms with van der Waals surface area (Å²) in [6.45, 7) is 5.24. The molecular weight excluding hydrogens is 652 g/mol. The molecule has 258 valence electrons. The van der Waals surface area contributed by atoms with Crippen molar-refractivity contribution in [2.24, 2.45) is 16.2 Å². The Kier molecular flexibility index (Phi) is 9.02. The molecule has 0 radical (unpaired) electrons. The molecule has 1 spiro atoms. The van der Waals surface area contributed by atoms with Crippen LogP contribution in [0.4, 0.5) is 10.5 Å². The van der Waals surface area contributed by atoms with E-state index < -0.39 is 27.5 Å². The molecule has 0 saturated heterocycles. The van der Waals surface area contributed by atoms with Crippen molar-refractivity contribution in [2.45, 2.75) is 86.9 Å². The average Bonchev–Trinajstić information content (AvgIpc) is 3.87. The van der Waals surface area contributed by atoms with Crippen molar-refractivity contribution in [1.82, 2.24) is 10.0 Å². The number of carbonyl (C=O) groups excluding carboxylic acids is 2. The summed E-state index contributed by atoms with van der Waals surface area (Å²) < 4.78 is 40.2. The standard InChI is InChI=1S/C36H45ClN4O6S/c1-35(2)33(42)39-48(44,40-34(43)38-26-10-11-26)27-12-15-32-30(19-27)41(20-24-8-13-28(24)31(45-3)7-5-17-47-35)21-36(22-46-32)16-4-6-23-18-25(37)9-14-29(23)36/h5,7,9,12,14-15,18-19,24,26,28,31H,4,6,8,10-11,13,16-17,20-22H2,1-3H3,(H2,38,39,40,42,43,44)/b7-5+/t24-,28+,31-,36-,48+/m0/s1. The molecule has 2 heterocycles. The van der Waals surface area contributed by atoms with Gasteiger partial charge in [0.2, 0.25) is 0 Å². The summed E-state index contributed by atoms with van der Waals surface area (Å²) in [5.41, 5.74) is 1.59. The molecule has 2 bridgehead atoms. The van der Waals surface area contributed by atoms with E-state index in [0.29, 0.717) is 30.7 Å². The summed E-state index contributed by atoms with van der Waals surface area (Å²) in [6.07, 6.45) is 10.5. The quantitative estimate of drug-likeness (QED) is 0.381. The van der Waals surface area contributed by atoms with Crippen molar-refractivity contribution in [3.63, 3.8) is 0 Å². The van der Waals surface area contributed by atoms with Crippen molar-refractivity contribution in [2.75, 3.05) is 38.3 Å². The number of ether oxygens (including phenoxy) is 3. The smallest absolute Gasteiger partial charge is 0.327 e. The highest BCUT2D eigenvalue weighted by Gasteiger charge is 2.45. The van der Waals surface area contributed by atoms with Gasteiger partial charge in [0, 0.05) is 36.7 Å². The van der Waals surface area contributed by atoms with Crippen LogP contribution < -0.4 is 19.7 Å². The lowest BCUT2D eigenvalue weighted by atomic mass is 9.68. The molecule has 2 aromatic rings. The first-order valence-electron chi connectivity index (χ1n) is 17.0. The first-order chi connectivity index (χ1) is 23.0. The van der Waals surface area contributed by atoms with Crippen molar-refractivity contribution in [3.8, 4) is 5.75 Å². The minimum Gasteiger partial charge on any atom is -0.490 e.